The van der Waals surface area contributed by atoms with E-state index in [0.29, 0.717) is 16.4 Å². The fourth-order valence-corrected chi connectivity index (χ4v) is 4.75. The second-order valence-corrected chi connectivity index (χ2v) is 9.59. The van der Waals surface area contributed by atoms with Crippen LogP contribution in [0.1, 0.15) is 23.6 Å². The van der Waals surface area contributed by atoms with Gasteiger partial charge in [-0.25, -0.2) is 8.42 Å². The number of carbonyl (C=O) groups is 1. The molecule has 0 bridgehead atoms. The van der Waals surface area contributed by atoms with E-state index in [1.807, 2.05) is 39.0 Å². The lowest BCUT2D eigenvalue weighted by atomic mass is 10.1. The van der Waals surface area contributed by atoms with Gasteiger partial charge in [-0.2, -0.15) is 0 Å². The van der Waals surface area contributed by atoms with Crippen LogP contribution in [0.2, 0.25) is 5.02 Å². The molecule has 0 spiro atoms. The Hall–Kier alpha value is -2.83. The minimum absolute atomic E-state index is 0.108. The molecule has 1 amide bonds. The molecule has 0 atom stereocenters. The van der Waals surface area contributed by atoms with Crippen LogP contribution < -0.4 is 9.62 Å². The maximum absolute atomic E-state index is 13.5. The zero-order chi connectivity index (χ0) is 22.6. The van der Waals surface area contributed by atoms with E-state index in [2.05, 4.69) is 5.32 Å². The Morgan fingerprint density at radius 1 is 1.00 bits per heavy atom. The number of nitrogens with one attached hydrogen (secondary N) is 1. The molecule has 7 heteroatoms. The molecule has 3 rings (SSSR count). The highest BCUT2D eigenvalue weighted by atomic mass is 35.5. The normalized spacial score (nSPS) is 11.2. The zero-order valence-electron chi connectivity index (χ0n) is 17.7. The van der Waals surface area contributed by atoms with E-state index >= 15 is 0 Å². The number of amides is 1. The third kappa shape index (κ3) is 5.27. The van der Waals surface area contributed by atoms with E-state index in [0.717, 1.165) is 27.4 Å². The van der Waals surface area contributed by atoms with Crippen LogP contribution in [0.25, 0.3) is 0 Å². The van der Waals surface area contributed by atoms with Crippen molar-refractivity contribution < 1.29 is 13.2 Å². The van der Waals surface area contributed by atoms with Gasteiger partial charge in [0.1, 0.15) is 6.54 Å². The van der Waals surface area contributed by atoms with Gasteiger partial charge >= 0.3 is 0 Å². The summed E-state index contributed by atoms with van der Waals surface area (Å²) >= 11 is 6.26. The summed E-state index contributed by atoms with van der Waals surface area (Å²) in [4.78, 5) is 13.0. The van der Waals surface area contributed by atoms with Gasteiger partial charge < -0.3 is 5.32 Å². The van der Waals surface area contributed by atoms with E-state index in [1.165, 1.54) is 12.1 Å². The zero-order valence-corrected chi connectivity index (χ0v) is 19.3. The monoisotopic (exact) mass is 456 g/mol. The van der Waals surface area contributed by atoms with E-state index < -0.39 is 15.9 Å². The van der Waals surface area contributed by atoms with Gasteiger partial charge in [0.05, 0.1) is 10.6 Å². The van der Waals surface area contributed by atoms with Crippen molar-refractivity contribution in [2.75, 3.05) is 16.2 Å². The van der Waals surface area contributed by atoms with Crippen molar-refractivity contribution in [3.8, 4) is 0 Å². The highest BCUT2D eigenvalue weighted by molar-refractivity contribution is 7.92. The molecule has 1 N–H and O–H groups in total. The Bertz CT molecular complexity index is 1190. The van der Waals surface area contributed by atoms with Crippen LogP contribution in [-0.4, -0.2) is 20.9 Å². The second-order valence-electron chi connectivity index (χ2n) is 7.32. The Kier molecular flexibility index (Phi) is 7.03. The van der Waals surface area contributed by atoms with Gasteiger partial charge in [0.25, 0.3) is 10.0 Å². The summed E-state index contributed by atoms with van der Waals surface area (Å²) in [6.45, 7) is 5.33. The average Bonchev–Trinajstić information content (AvgIpc) is 2.74. The average molecular weight is 457 g/mol. The molecule has 5 nitrogen and oxygen atoms in total. The molecule has 0 radical (unpaired) electrons. The van der Waals surface area contributed by atoms with E-state index in [-0.39, 0.29) is 11.4 Å². The predicted octanol–water partition coefficient (Wildman–Crippen LogP) is 5.35. The Morgan fingerprint density at radius 2 is 1.68 bits per heavy atom. The summed E-state index contributed by atoms with van der Waals surface area (Å²) in [5, 5.41) is 3.27. The number of halogens is 1. The Labute approximate surface area is 188 Å². The maximum atomic E-state index is 13.5. The Morgan fingerprint density at radius 3 is 2.32 bits per heavy atom. The highest BCUT2D eigenvalue weighted by Crippen LogP contribution is 2.28. The van der Waals surface area contributed by atoms with Crippen LogP contribution in [-0.2, 0) is 21.2 Å². The lowest BCUT2D eigenvalue weighted by Gasteiger charge is -2.25. The van der Waals surface area contributed by atoms with Gasteiger partial charge in [-0.3, -0.25) is 9.10 Å². The van der Waals surface area contributed by atoms with Crippen LogP contribution in [0.4, 0.5) is 11.4 Å². The molecular formula is C24H25ClN2O3S. The number of benzene rings is 3. The van der Waals surface area contributed by atoms with Crippen LogP contribution >= 0.6 is 11.6 Å². The third-order valence-corrected chi connectivity index (χ3v) is 7.21. The van der Waals surface area contributed by atoms with Crippen molar-refractivity contribution in [3.05, 3.63) is 88.4 Å². The number of hydrogen-bond acceptors (Lipinski definition) is 3. The van der Waals surface area contributed by atoms with Gasteiger partial charge in [-0.1, -0.05) is 60.5 Å². The number of anilines is 2. The molecular weight excluding hydrogens is 432 g/mol. The highest BCUT2D eigenvalue weighted by Gasteiger charge is 2.27. The fraction of sp³-hybridized carbons (Fsp3) is 0.208. The molecule has 0 aliphatic rings. The molecule has 162 valence electrons. The van der Waals surface area contributed by atoms with Gasteiger partial charge in [0, 0.05) is 10.7 Å². The summed E-state index contributed by atoms with van der Waals surface area (Å²) in [6.07, 6.45) is 0.745. The summed E-state index contributed by atoms with van der Waals surface area (Å²) < 4.78 is 28.0. The molecule has 3 aromatic carbocycles. The molecule has 0 aliphatic carbocycles. The quantitative estimate of drug-likeness (QED) is 0.520. The molecule has 3 aromatic rings. The molecule has 0 saturated heterocycles. The number of hydrogen-bond donors (Lipinski definition) is 1. The van der Waals surface area contributed by atoms with Crippen molar-refractivity contribution >= 4 is 38.9 Å². The van der Waals surface area contributed by atoms with Gasteiger partial charge in [-0.15, -0.1) is 0 Å². The molecule has 0 unspecified atom stereocenters. The lowest BCUT2D eigenvalue weighted by Crippen LogP contribution is -2.38. The second kappa shape index (κ2) is 9.54. The van der Waals surface area contributed by atoms with Crippen LogP contribution in [0, 0.1) is 13.8 Å². The predicted molar refractivity (Wildman–Crippen MR) is 126 cm³/mol. The van der Waals surface area contributed by atoms with Crippen molar-refractivity contribution in [3.63, 3.8) is 0 Å². The standard InChI is InChI=1S/C24H25ClN2O3S/c1-4-19-7-5-6-8-23(19)26-24(28)16-27(20-12-11-18(3)22(25)15-20)31(29,30)21-13-9-17(2)10-14-21/h5-15H,4,16H2,1-3H3,(H,26,28). The molecule has 0 heterocycles. The maximum Gasteiger partial charge on any atom is 0.264 e. The van der Waals surface area contributed by atoms with Crippen molar-refractivity contribution in [1.82, 2.24) is 0 Å². The number of nitrogens with zero attached hydrogens (tertiary/aromatic N) is 1. The number of sulfonamides is 1. The smallest absolute Gasteiger partial charge is 0.264 e. The summed E-state index contributed by atoms with van der Waals surface area (Å²) in [5.41, 5.74) is 3.74. The van der Waals surface area contributed by atoms with Crippen LogP contribution in [0.5, 0.6) is 0 Å². The first-order chi connectivity index (χ1) is 14.7. The van der Waals surface area contributed by atoms with Crippen molar-refractivity contribution in [2.45, 2.75) is 32.1 Å². The van der Waals surface area contributed by atoms with E-state index in [4.69, 9.17) is 11.6 Å². The largest absolute Gasteiger partial charge is 0.324 e. The van der Waals surface area contributed by atoms with Crippen molar-refractivity contribution in [1.29, 1.82) is 0 Å². The fourth-order valence-electron chi connectivity index (χ4n) is 3.16. The van der Waals surface area contributed by atoms with Crippen LogP contribution in [0.3, 0.4) is 0 Å². The number of carbonyl (C=O) groups excluding carboxylic acids is 1. The van der Waals surface area contributed by atoms with E-state index in [1.54, 1.807) is 36.4 Å². The topological polar surface area (TPSA) is 66.5 Å². The molecule has 0 fully saturated rings. The van der Waals surface area contributed by atoms with Gasteiger partial charge in [0.15, 0.2) is 0 Å². The summed E-state index contributed by atoms with van der Waals surface area (Å²) in [5.74, 6) is -0.437. The first-order valence-corrected chi connectivity index (χ1v) is 11.8. The lowest BCUT2D eigenvalue weighted by molar-refractivity contribution is -0.114. The molecule has 0 saturated carbocycles. The van der Waals surface area contributed by atoms with Crippen molar-refractivity contribution in [2.24, 2.45) is 0 Å². The third-order valence-electron chi connectivity index (χ3n) is 5.01. The first kappa shape index (κ1) is 22.8. The minimum atomic E-state index is -3.99. The molecule has 0 aliphatic heterocycles. The number of rotatable bonds is 7. The molecule has 0 aromatic heterocycles. The molecule has 31 heavy (non-hydrogen) atoms. The number of para-hydroxylation sites is 1. The van der Waals surface area contributed by atoms with Crippen LogP contribution in [0.15, 0.2) is 71.6 Å². The van der Waals surface area contributed by atoms with Gasteiger partial charge in [0.2, 0.25) is 5.91 Å². The summed E-state index contributed by atoms with van der Waals surface area (Å²) in [7, 11) is -3.99. The Balaban J connectivity index is 1.98. The minimum Gasteiger partial charge on any atom is -0.324 e. The summed E-state index contributed by atoms with van der Waals surface area (Å²) in [6, 6.07) is 18.9. The first-order valence-electron chi connectivity index (χ1n) is 9.95. The van der Waals surface area contributed by atoms with E-state index in [9.17, 15) is 13.2 Å². The van der Waals surface area contributed by atoms with Gasteiger partial charge in [-0.05, 0) is 61.7 Å². The number of aryl methyl sites for hydroxylation is 3. The SMILES string of the molecule is CCc1ccccc1NC(=O)CN(c1ccc(C)c(Cl)c1)S(=O)(=O)c1ccc(C)cc1.